The highest BCUT2D eigenvalue weighted by molar-refractivity contribution is 6.31. The quantitative estimate of drug-likeness (QED) is 0.293. The highest BCUT2D eigenvalue weighted by atomic mass is 35.5. The van der Waals surface area contributed by atoms with Crippen molar-refractivity contribution in [1.82, 2.24) is 4.90 Å². The molecule has 4 rings (SSSR count). The van der Waals surface area contributed by atoms with Gasteiger partial charge >= 0.3 is 5.97 Å². The first kappa shape index (κ1) is 26.7. The van der Waals surface area contributed by atoms with E-state index in [1.54, 1.807) is 0 Å². The minimum Gasteiger partial charge on any atom is -0.481 e. The Hall–Kier alpha value is -2.37. The summed E-state index contributed by atoms with van der Waals surface area (Å²) in [4.78, 5) is 19.6. The van der Waals surface area contributed by atoms with Crippen LogP contribution in [0.3, 0.4) is 0 Å². The van der Waals surface area contributed by atoms with Crippen LogP contribution >= 0.6 is 11.6 Å². The van der Waals surface area contributed by atoms with Gasteiger partial charge in [-0.2, -0.15) is 0 Å². The molecule has 0 amide bonds. The van der Waals surface area contributed by atoms with Gasteiger partial charge in [-0.15, -0.1) is 0 Å². The van der Waals surface area contributed by atoms with Crippen LogP contribution < -0.4 is 0 Å². The fourth-order valence-electron chi connectivity index (χ4n) is 5.34. The second kappa shape index (κ2) is 11.8. The summed E-state index contributed by atoms with van der Waals surface area (Å²) in [6.07, 6.45) is 7.58. The van der Waals surface area contributed by atoms with E-state index >= 15 is 0 Å². The van der Waals surface area contributed by atoms with Crippen molar-refractivity contribution in [2.45, 2.75) is 84.3 Å². The normalized spacial score (nSPS) is 20.2. The maximum atomic E-state index is 11.5. The van der Waals surface area contributed by atoms with Crippen molar-refractivity contribution >= 4 is 23.3 Å². The number of aliphatic carboxylic acids is 1. The number of nitrogens with zero attached hydrogens (tertiary/aromatic N) is 2. The summed E-state index contributed by atoms with van der Waals surface area (Å²) in [5.41, 5.74) is 4.78. The molecule has 0 radical (unpaired) electrons. The predicted octanol–water partition coefficient (Wildman–Crippen LogP) is 7.58. The lowest BCUT2D eigenvalue weighted by Gasteiger charge is -2.36. The van der Waals surface area contributed by atoms with Crippen LogP contribution in [0.15, 0.2) is 47.6 Å². The largest absolute Gasteiger partial charge is 0.481 e. The smallest absolute Gasteiger partial charge is 0.309 e. The monoisotopic (exact) mass is 510 g/mol. The lowest BCUT2D eigenvalue weighted by atomic mass is 9.80. The molecule has 2 fully saturated rings. The summed E-state index contributed by atoms with van der Waals surface area (Å²) in [7, 11) is 0. The molecule has 1 atom stereocenters. The maximum Gasteiger partial charge on any atom is 0.309 e. The van der Waals surface area contributed by atoms with Crippen LogP contribution in [0, 0.1) is 5.41 Å². The fourth-order valence-corrected chi connectivity index (χ4v) is 5.68. The van der Waals surface area contributed by atoms with E-state index in [0.29, 0.717) is 18.8 Å². The molecule has 0 bridgehead atoms. The molecule has 6 heteroatoms. The molecule has 2 aromatic carbocycles. The van der Waals surface area contributed by atoms with E-state index < -0.39 is 11.4 Å². The summed E-state index contributed by atoms with van der Waals surface area (Å²) in [5.74, 6) is -0.100. The minimum atomic E-state index is -0.683. The summed E-state index contributed by atoms with van der Waals surface area (Å²) < 4.78 is 0. The fraction of sp³-hybridized carbons (Fsp3) is 0.533. The molecule has 2 aliphatic rings. The first-order chi connectivity index (χ1) is 17.2. The van der Waals surface area contributed by atoms with Crippen LogP contribution in [-0.4, -0.2) is 34.8 Å². The number of oxime groups is 1. The van der Waals surface area contributed by atoms with E-state index in [4.69, 9.17) is 16.4 Å². The molecule has 1 unspecified atom stereocenters. The Labute approximate surface area is 220 Å². The second-order valence-corrected chi connectivity index (χ2v) is 11.3. The highest BCUT2D eigenvalue weighted by Crippen LogP contribution is 2.37. The summed E-state index contributed by atoms with van der Waals surface area (Å²) in [6.45, 7) is 8.26. The van der Waals surface area contributed by atoms with Crippen LogP contribution in [-0.2, 0) is 16.2 Å². The molecular formula is C30H39ClN2O3. The van der Waals surface area contributed by atoms with Gasteiger partial charge in [0.1, 0.15) is 6.10 Å². The number of hydrogen-bond acceptors (Lipinski definition) is 4. The Kier molecular flexibility index (Phi) is 8.74. The SMILES string of the molecule is C/C(=N\OC(C)c1ccc(C2CCCCC2)c(Cl)c1)c1ccc(CN2CCC(C)(C(=O)O)CC2)cc1. The first-order valence-corrected chi connectivity index (χ1v) is 13.7. The van der Waals surface area contributed by atoms with E-state index in [9.17, 15) is 9.90 Å². The molecule has 1 saturated carbocycles. The second-order valence-electron chi connectivity index (χ2n) is 10.9. The van der Waals surface area contributed by atoms with Gasteiger partial charge in [-0.3, -0.25) is 9.69 Å². The van der Waals surface area contributed by atoms with Crippen LogP contribution in [0.25, 0.3) is 0 Å². The lowest BCUT2D eigenvalue weighted by molar-refractivity contribution is -0.150. The summed E-state index contributed by atoms with van der Waals surface area (Å²) in [5, 5.41) is 14.7. The zero-order chi connectivity index (χ0) is 25.7. The van der Waals surface area contributed by atoms with Gasteiger partial charge in [0.2, 0.25) is 0 Å². The molecule has 194 valence electrons. The number of carboxylic acids is 1. The van der Waals surface area contributed by atoms with Crippen LogP contribution in [0.4, 0.5) is 0 Å². The Morgan fingerprint density at radius 1 is 1.14 bits per heavy atom. The Bertz CT molecular complexity index is 1070. The first-order valence-electron chi connectivity index (χ1n) is 13.3. The predicted molar refractivity (Wildman–Crippen MR) is 146 cm³/mol. The third-order valence-electron chi connectivity index (χ3n) is 8.14. The Morgan fingerprint density at radius 3 is 2.42 bits per heavy atom. The molecule has 0 aromatic heterocycles. The number of rotatable bonds is 8. The molecule has 1 heterocycles. The van der Waals surface area contributed by atoms with Gasteiger partial charge in [-0.25, -0.2) is 0 Å². The third kappa shape index (κ3) is 6.49. The van der Waals surface area contributed by atoms with Gasteiger partial charge in [-0.1, -0.05) is 72.4 Å². The number of likely N-dealkylation sites (tertiary alicyclic amines) is 1. The van der Waals surface area contributed by atoms with E-state index in [-0.39, 0.29) is 6.10 Å². The van der Waals surface area contributed by atoms with Crippen molar-refractivity contribution < 1.29 is 14.7 Å². The summed E-state index contributed by atoms with van der Waals surface area (Å²) >= 11 is 6.66. The third-order valence-corrected chi connectivity index (χ3v) is 8.47. The standard InChI is InChI=1S/C30H39ClN2O3/c1-21(24-11-9-23(10-12-24)20-33-17-15-30(3,16-18-33)29(34)35)32-36-22(2)26-13-14-27(28(31)19-26)25-7-5-4-6-8-25/h9-14,19,22,25H,4-8,15-18,20H2,1-3H3,(H,34,35)/b32-21+. The number of carbonyl (C=O) groups is 1. The van der Waals surface area contributed by atoms with Gasteiger partial charge in [0.05, 0.1) is 11.1 Å². The average Bonchev–Trinajstić information content (AvgIpc) is 2.89. The van der Waals surface area contributed by atoms with E-state index in [2.05, 4.69) is 46.5 Å². The molecular weight excluding hydrogens is 472 g/mol. The molecule has 5 nitrogen and oxygen atoms in total. The van der Waals surface area contributed by atoms with Gasteiger partial charge in [0, 0.05) is 11.6 Å². The number of hydrogen-bond donors (Lipinski definition) is 1. The van der Waals surface area contributed by atoms with Crippen molar-refractivity contribution in [1.29, 1.82) is 0 Å². The van der Waals surface area contributed by atoms with Gasteiger partial charge in [0.15, 0.2) is 0 Å². The van der Waals surface area contributed by atoms with Crippen molar-refractivity contribution in [3.8, 4) is 0 Å². The zero-order valence-electron chi connectivity index (χ0n) is 21.8. The molecule has 1 aliphatic heterocycles. The minimum absolute atomic E-state index is 0.187. The lowest BCUT2D eigenvalue weighted by Crippen LogP contribution is -2.42. The van der Waals surface area contributed by atoms with E-state index in [0.717, 1.165) is 41.5 Å². The molecule has 2 aromatic rings. The van der Waals surface area contributed by atoms with Crippen LogP contribution in [0.2, 0.25) is 5.02 Å². The van der Waals surface area contributed by atoms with Gasteiger partial charge in [-0.05, 0) is 93.8 Å². The number of halogens is 1. The average molecular weight is 511 g/mol. The highest BCUT2D eigenvalue weighted by Gasteiger charge is 2.36. The zero-order valence-corrected chi connectivity index (χ0v) is 22.6. The van der Waals surface area contributed by atoms with Crippen LogP contribution in [0.1, 0.15) is 100.0 Å². The van der Waals surface area contributed by atoms with E-state index in [1.165, 1.54) is 43.2 Å². The number of benzene rings is 2. The molecule has 36 heavy (non-hydrogen) atoms. The topological polar surface area (TPSA) is 62.1 Å². The molecule has 1 aliphatic carbocycles. The Balaban J connectivity index is 1.31. The van der Waals surface area contributed by atoms with Crippen LogP contribution in [0.5, 0.6) is 0 Å². The van der Waals surface area contributed by atoms with Gasteiger partial charge in [0.25, 0.3) is 0 Å². The van der Waals surface area contributed by atoms with E-state index in [1.807, 2.05) is 26.8 Å². The van der Waals surface area contributed by atoms with Crippen molar-refractivity contribution in [2.75, 3.05) is 13.1 Å². The van der Waals surface area contributed by atoms with Crippen molar-refractivity contribution in [3.05, 3.63) is 69.7 Å². The molecule has 1 N–H and O–H groups in total. The number of carboxylic acid groups (broad SMARTS) is 1. The molecule has 0 spiro atoms. The number of piperidine rings is 1. The van der Waals surface area contributed by atoms with Crippen molar-refractivity contribution in [2.24, 2.45) is 10.6 Å². The summed E-state index contributed by atoms with van der Waals surface area (Å²) in [6, 6.07) is 14.7. The molecule has 1 saturated heterocycles. The Morgan fingerprint density at radius 2 is 1.81 bits per heavy atom. The van der Waals surface area contributed by atoms with Gasteiger partial charge < -0.3 is 9.94 Å². The van der Waals surface area contributed by atoms with Crippen molar-refractivity contribution in [3.63, 3.8) is 0 Å². The maximum absolute atomic E-state index is 11.5.